The minimum Gasteiger partial charge on any atom is -0.309 e. The van der Waals surface area contributed by atoms with E-state index in [9.17, 15) is 4.79 Å². The zero-order valence-electron chi connectivity index (χ0n) is 14.0. The minimum atomic E-state index is -0.0351. The number of pyridine rings is 1. The zero-order valence-corrected chi connectivity index (χ0v) is 14.0. The number of aromatic nitrogens is 3. The molecule has 126 valence electrons. The highest BCUT2D eigenvalue weighted by atomic mass is 16.1. The Morgan fingerprint density at radius 2 is 1.88 bits per heavy atom. The molecule has 0 saturated carbocycles. The van der Waals surface area contributed by atoms with Gasteiger partial charge in [-0.05, 0) is 53.6 Å². The van der Waals surface area contributed by atoms with Crippen LogP contribution in [0.4, 0.5) is 5.82 Å². The molecule has 5 heteroatoms. The summed E-state index contributed by atoms with van der Waals surface area (Å²) in [5.74, 6) is 0.548. The number of hydrogen-bond donors (Lipinski definition) is 1. The van der Waals surface area contributed by atoms with Crippen molar-refractivity contribution in [1.82, 2.24) is 14.8 Å². The molecular weight excluding hydrogens is 312 g/mol. The molecular formula is C20H20N4O. The van der Waals surface area contributed by atoms with E-state index in [1.807, 2.05) is 24.4 Å². The number of benzene rings is 1. The molecule has 1 N–H and O–H groups in total. The number of nitrogens with zero attached hydrogens (tertiary/aromatic N) is 3. The van der Waals surface area contributed by atoms with E-state index >= 15 is 0 Å². The Morgan fingerprint density at radius 3 is 2.76 bits per heavy atom. The van der Waals surface area contributed by atoms with Gasteiger partial charge >= 0.3 is 0 Å². The number of nitrogens with one attached hydrogen (secondary N) is 1. The maximum Gasteiger partial charge on any atom is 0.229 e. The Bertz CT molecular complexity index is 886. The fourth-order valence-electron chi connectivity index (χ4n) is 3.30. The lowest BCUT2D eigenvalue weighted by Gasteiger charge is -2.05. The number of rotatable bonds is 5. The van der Waals surface area contributed by atoms with Crippen LogP contribution < -0.4 is 5.32 Å². The molecule has 0 bridgehead atoms. The number of amides is 1. The second kappa shape index (κ2) is 6.89. The number of carbonyl (C=O) groups is 1. The SMILES string of the molecule is O=C(Cc1ccc2c(c1)CCC2)Nc1ccn(Cc2ccncc2)n1. The van der Waals surface area contributed by atoms with Gasteiger partial charge < -0.3 is 5.32 Å². The van der Waals surface area contributed by atoms with Crippen LogP contribution in [0.1, 0.15) is 28.7 Å². The molecule has 25 heavy (non-hydrogen) atoms. The van der Waals surface area contributed by atoms with Gasteiger partial charge in [0.05, 0.1) is 13.0 Å². The lowest BCUT2D eigenvalue weighted by atomic mass is 10.0. The van der Waals surface area contributed by atoms with E-state index in [0.717, 1.165) is 24.0 Å². The molecule has 1 amide bonds. The molecule has 0 aliphatic heterocycles. The van der Waals surface area contributed by atoms with Gasteiger partial charge in [0.25, 0.3) is 0 Å². The average Bonchev–Trinajstić information content (AvgIpc) is 3.24. The molecule has 4 rings (SSSR count). The summed E-state index contributed by atoms with van der Waals surface area (Å²) in [6.45, 7) is 0.656. The summed E-state index contributed by atoms with van der Waals surface area (Å²) in [6, 6.07) is 12.1. The summed E-state index contributed by atoms with van der Waals surface area (Å²) in [7, 11) is 0. The van der Waals surface area contributed by atoms with Crippen LogP contribution in [0.5, 0.6) is 0 Å². The summed E-state index contributed by atoms with van der Waals surface area (Å²) in [5.41, 5.74) is 5.01. The highest BCUT2D eigenvalue weighted by Crippen LogP contribution is 2.23. The van der Waals surface area contributed by atoms with Crippen molar-refractivity contribution >= 4 is 11.7 Å². The van der Waals surface area contributed by atoms with E-state index in [1.165, 1.54) is 17.5 Å². The molecule has 0 fully saturated rings. The van der Waals surface area contributed by atoms with Gasteiger partial charge in [-0.2, -0.15) is 5.10 Å². The van der Waals surface area contributed by atoms with E-state index < -0.39 is 0 Å². The number of anilines is 1. The fraction of sp³-hybridized carbons (Fsp3) is 0.250. The molecule has 5 nitrogen and oxygen atoms in total. The third-order valence-corrected chi connectivity index (χ3v) is 4.53. The maximum absolute atomic E-state index is 12.3. The molecule has 3 aromatic rings. The third kappa shape index (κ3) is 3.76. The Labute approximate surface area is 146 Å². The first-order chi connectivity index (χ1) is 12.3. The van der Waals surface area contributed by atoms with Crippen molar-refractivity contribution in [2.75, 3.05) is 5.32 Å². The topological polar surface area (TPSA) is 59.8 Å². The normalized spacial score (nSPS) is 12.8. The highest BCUT2D eigenvalue weighted by Gasteiger charge is 2.12. The van der Waals surface area contributed by atoms with Crippen molar-refractivity contribution in [2.24, 2.45) is 0 Å². The van der Waals surface area contributed by atoms with Crippen molar-refractivity contribution in [2.45, 2.75) is 32.2 Å². The number of hydrogen-bond acceptors (Lipinski definition) is 3. The van der Waals surface area contributed by atoms with Gasteiger partial charge in [-0.25, -0.2) is 0 Å². The lowest BCUT2D eigenvalue weighted by molar-refractivity contribution is -0.115. The molecule has 0 radical (unpaired) electrons. The zero-order chi connectivity index (χ0) is 17.1. The molecule has 0 spiro atoms. The first kappa shape index (κ1) is 15.6. The van der Waals surface area contributed by atoms with Crippen molar-refractivity contribution < 1.29 is 4.79 Å². The van der Waals surface area contributed by atoms with E-state index in [-0.39, 0.29) is 5.91 Å². The highest BCUT2D eigenvalue weighted by molar-refractivity contribution is 5.91. The average molecular weight is 332 g/mol. The number of carbonyl (C=O) groups excluding carboxylic acids is 1. The van der Waals surface area contributed by atoms with Crippen LogP contribution in [0.2, 0.25) is 0 Å². The second-order valence-corrected chi connectivity index (χ2v) is 6.44. The van der Waals surface area contributed by atoms with Crippen LogP contribution in [0, 0.1) is 0 Å². The van der Waals surface area contributed by atoms with Crippen molar-refractivity contribution in [3.8, 4) is 0 Å². The van der Waals surface area contributed by atoms with Gasteiger partial charge in [-0.1, -0.05) is 18.2 Å². The largest absolute Gasteiger partial charge is 0.309 e. The van der Waals surface area contributed by atoms with Crippen LogP contribution in [0.15, 0.2) is 55.0 Å². The summed E-state index contributed by atoms with van der Waals surface area (Å²) in [5, 5.41) is 7.29. The molecule has 0 atom stereocenters. The molecule has 2 heterocycles. The summed E-state index contributed by atoms with van der Waals surface area (Å²) in [4.78, 5) is 16.3. The Hall–Kier alpha value is -2.95. The van der Waals surface area contributed by atoms with Gasteiger partial charge in [-0.15, -0.1) is 0 Å². The summed E-state index contributed by atoms with van der Waals surface area (Å²) < 4.78 is 1.81. The first-order valence-corrected chi connectivity index (χ1v) is 8.59. The summed E-state index contributed by atoms with van der Waals surface area (Å²) >= 11 is 0. The fourth-order valence-corrected chi connectivity index (χ4v) is 3.30. The van der Waals surface area contributed by atoms with E-state index in [0.29, 0.717) is 18.8 Å². The molecule has 1 aliphatic carbocycles. The van der Waals surface area contributed by atoms with Gasteiger partial charge in [0.15, 0.2) is 5.82 Å². The van der Waals surface area contributed by atoms with E-state index in [1.54, 1.807) is 17.1 Å². The number of aryl methyl sites for hydroxylation is 2. The number of fused-ring (bicyclic) bond motifs is 1. The van der Waals surface area contributed by atoms with E-state index in [2.05, 4.69) is 33.6 Å². The lowest BCUT2D eigenvalue weighted by Crippen LogP contribution is -2.15. The smallest absolute Gasteiger partial charge is 0.229 e. The summed E-state index contributed by atoms with van der Waals surface area (Å²) in [6.07, 6.45) is 9.28. The van der Waals surface area contributed by atoms with Gasteiger partial charge in [0.1, 0.15) is 0 Å². The molecule has 2 aromatic heterocycles. The molecule has 1 aliphatic rings. The van der Waals surface area contributed by atoms with Crippen LogP contribution in [-0.2, 0) is 30.6 Å². The van der Waals surface area contributed by atoms with Crippen LogP contribution in [0.3, 0.4) is 0 Å². The van der Waals surface area contributed by atoms with Gasteiger partial charge in [0, 0.05) is 24.7 Å². The van der Waals surface area contributed by atoms with Gasteiger partial charge in [-0.3, -0.25) is 14.5 Å². The van der Waals surface area contributed by atoms with Crippen LogP contribution in [-0.4, -0.2) is 20.7 Å². The quantitative estimate of drug-likeness (QED) is 0.781. The third-order valence-electron chi connectivity index (χ3n) is 4.53. The predicted octanol–water partition coefficient (Wildman–Crippen LogP) is 3.00. The Kier molecular flexibility index (Phi) is 4.29. The second-order valence-electron chi connectivity index (χ2n) is 6.44. The Balaban J connectivity index is 1.36. The molecule has 1 aromatic carbocycles. The standard InChI is InChI=1S/C20H20N4O/c25-20(13-16-4-5-17-2-1-3-18(17)12-16)22-19-8-11-24(23-19)14-15-6-9-21-10-7-15/h4-12H,1-3,13-14H2,(H,22,23,25). The van der Waals surface area contributed by atoms with Crippen molar-refractivity contribution in [3.63, 3.8) is 0 Å². The Morgan fingerprint density at radius 1 is 1.04 bits per heavy atom. The van der Waals surface area contributed by atoms with Crippen LogP contribution in [0.25, 0.3) is 0 Å². The van der Waals surface area contributed by atoms with Crippen molar-refractivity contribution in [3.05, 3.63) is 77.2 Å². The molecule has 0 saturated heterocycles. The minimum absolute atomic E-state index is 0.0351. The van der Waals surface area contributed by atoms with Gasteiger partial charge in [0.2, 0.25) is 5.91 Å². The monoisotopic (exact) mass is 332 g/mol. The van der Waals surface area contributed by atoms with Crippen LogP contribution >= 0.6 is 0 Å². The van der Waals surface area contributed by atoms with Crippen molar-refractivity contribution in [1.29, 1.82) is 0 Å². The predicted molar refractivity (Wildman–Crippen MR) is 96.4 cm³/mol. The van der Waals surface area contributed by atoms with E-state index in [4.69, 9.17) is 0 Å². The maximum atomic E-state index is 12.3. The molecule has 0 unspecified atom stereocenters. The first-order valence-electron chi connectivity index (χ1n) is 8.59.